The zero-order valence-electron chi connectivity index (χ0n) is 13.8. The standard InChI is InChI=1S/C17H23ClFNO3/c1-17(2,3)23-16(21)20-8-4-5-12(10-20)11-22-15-7-6-13(18)9-14(15)19/h6-7,9,12H,4-5,8,10-11H2,1-3H3/t12-/m1/s1. The highest BCUT2D eigenvalue weighted by molar-refractivity contribution is 6.30. The van der Waals surface area contributed by atoms with Crippen LogP contribution in [0.2, 0.25) is 5.02 Å². The molecule has 1 aromatic rings. The molecule has 0 radical (unpaired) electrons. The zero-order valence-corrected chi connectivity index (χ0v) is 14.5. The normalized spacial score (nSPS) is 18.7. The molecule has 1 fully saturated rings. The van der Waals surface area contributed by atoms with Gasteiger partial charge < -0.3 is 14.4 Å². The first-order valence-electron chi connectivity index (χ1n) is 7.80. The molecule has 1 saturated heterocycles. The largest absolute Gasteiger partial charge is 0.490 e. The second kappa shape index (κ2) is 7.39. The van der Waals surface area contributed by atoms with Gasteiger partial charge in [-0.3, -0.25) is 0 Å². The van der Waals surface area contributed by atoms with Gasteiger partial charge in [-0.2, -0.15) is 0 Å². The lowest BCUT2D eigenvalue weighted by atomic mass is 9.99. The fourth-order valence-electron chi connectivity index (χ4n) is 2.49. The van der Waals surface area contributed by atoms with Crippen molar-refractivity contribution in [3.63, 3.8) is 0 Å². The summed E-state index contributed by atoms with van der Waals surface area (Å²) in [6.45, 7) is 7.14. The van der Waals surface area contributed by atoms with E-state index < -0.39 is 11.4 Å². The Hall–Kier alpha value is -1.49. The summed E-state index contributed by atoms with van der Waals surface area (Å²) >= 11 is 5.72. The quantitative estimate of drug-likeness (QED) is 0.810. The van der Waals surface area contributed by atoms with Gasteiger partial charge in [-0.05, 0) is 51.8 Å². The summed E-state index contributed by atoms with van der Waals surface area (Å²) in [6.07, 6.45) is 1.52. The lowest BCUT2D eigenvalue weighted by molar-refractivity contribution is 0.0138. The van der Waals surface area contributed by atoms with Crippen LogP contribution >= 0.6 is 11.6 Å². The first-order chi connectivity index (χ1) is 10.7. The number of ether oxygens (including phenoxy) is 2. The Morgan fingerprint density at radius 1 is 1.43 bits per heavy atom. The number of benzene rings is 1. The predicted octanol–water partition coefficient (Wildman–Crippen LogP) is 4.51. The minimum atomic E-state index is -0.507. The van der Waals surface area contributed by atoms with E-state index in [2.05, 4.69) is 0 Å². The number of piperidine rings is 1. The van der Waals surface area contributed by atoms with Crippen LogP contribution < -0.4 is 4.74 Å². The van der Waals surface area contributed by atoms with Gasteiger partial charge in [-0.15, -0.1) is 0 Å². The molecule has 0 saturated carbocycles. The molecule has 1 atom stereocenters. The minimum absolute atomic E-state index is 0.159. The predicted molar refractivity (Wildman–Crippen MR) is 87.4 cm³/mol. The highest BCUT2D eigenvalue weighted by Crippen LogP contribution is 2.24. The Kier molecular flexibility index (Phi) is 5.74. The number of nitrogens with zero attached hydrogens (tertiary/aromatic N) is 1. The van der Waals surface area contributed by atoms with E-state index >= 15 is 0 Å². The molecule has 1 aromatic carbocycles. The van der Waals surface area contributed by atoms with E-state index in [1.807, 2.05) is 20.8 Å². The number of likely N-dealkylation sites (tertiary alicyclic amines) is 1. The molecule has 1 aliphatic rings. The molecule has 23 heavy (non-hydrogen) atoms. The van der Waals surface area contributed by atoms with E-state index in [1.54, 1.807) is 11.0 Å². The van der Waals surface area contributed by atoms with Crippen molar-refractivity contribution >= 4 is 17.7 Å². The molecule has 0 unspecified atom stereocenters. The molecule has 0 spiro atoms. The van der Waals surface area contributed by atoms with Crippen LogP contribution in [-0.4, -0.2) is 36.3 Å². The number of carbonyl (C=O) groups excluding carboxylic acids is 1. The maximum Gasteiger partial charge on any atom is 0.410 e. The Bertz CT molecular complexity index is 559. The number of carbonyl (C=O) groups is 1. The van der Waals surface area contributed by atoms with Crippen molar-refractivity contribution in [2.45, 2.75) is 39.2 Å². The number of rotatable bonds is 3. The van der Waals surface area contributed by atoms with Crippen LogP contribution in [0.4, 0.5) is 9.18 Å². The average Bonchev–Trinajstić information content (AvgIpc) is 2.45. The summed E-state index contributed by atoms with van der Waals surface area (Å²) in [7, 11) is 0. The fraction of sp³-hybridized carbons (Fsp3) is 0.588. The molecule has 0 aliphatic carbocycles. The minimum Gasteiger partial charge on any atom is -0.490 e. The number of amides is 1. The molecular weight excluding hydrogens is 321 g/mol. The van der Waals surface area contributed by atoms with Crippen LogP contribution in [0.1, 0.15) is 33.6 Å². The van der Waals surface area contributed by atoms with Crippen molar-refractivity contribution in [3.8, 4) is 5.75 Å². The first-order valence-corrected chi connectivity index (χ1v) is 8.18. The number of hydrogen-bond acceptors (Lipinski definition) is 3. The van der Waals surface area contributed by atoms with Crippen LogP contribution in [0.15, 0.2) is 18.2 Å². The van der Waals surface area contributed by atoms with Gasteiger partial charge in [-0.1, -0.05) is 11.6 Å². The van der Waals surface area contributed by atoms with E-state index in [-0.39, 0.29) is 17.8 Å². The van der Waals surface area contributed by atoms with Crippen molar-refractivity contribution < 1.29 is 18.7 Å². The second-order valence-corrected chi connectivity index (χ2v) is 7.26. The second-order valence-electron chi connectivity index (χ2n) is 6.82. The zero-order chi connectivity index (χ0) is 17.0. The van der Waals surface area contributed by atoms with Gasteiger partial charge in [0.15, 0.2) is 11.6 Å². The smallest absolute Gasteiger partial charge is 0.410 e. The average molecular weight is 344 g/mol. The fourth-order valence-corrected chi connectivity index (χ4v) is 2.65. The lowest BCUT2D eigenvalue weighted by Gasteiger charge is -2.34. The van der Waals surface area contributed by atoms with Gasteiger partial charge in [0.25, 0.3) is 0 Å². The maximum absolute atomic E-state index is 13.7. The molecule has 0 aromatic heterocycles. The maximum atomic E-state index is 13.7. The van der Waals surface area contributed by atoms with Crippen LogP contribution in [0.5, 0.6) is 5.75 Å². The molecule has 128 valence electrons. The van der Waals surface area contributed by atoms with E-state index in [0.29, 0.717) is 24.7 Å². The SMILES string of the molecule is CC(C)(C)OC(=O)N1CCC[C@@H](COc2ccc(Cl)cc2F)C1. The van der Waals surface area contributed by atoms with Gasteiger partial charge in [0.2, 0.25) is 0 Å². The van der Waals surface area contributed by atoms with Crippen molar-refractivity contribution in [2.75, 3.05) is 19.7 Å². The Morgan fingerprint density at radius 2 is 2.17 bits per heavy atom. The molecule has 1 heterocycles. The van der Waals surface area contributed by atoms with Crippen LogP contribution in [0, 0.1) is 11.7 Å². The Labute approximate surface area is 141 Å². The summed E-state index contributed by atoms with van der Waals surface area (Å²) in [6, 6.07) is 4.34. The molecule has 1 aliphatic heterocycles. The molecular formula is C17H23ClFNO3. The molecule has 4 nitrogen and oxygen atoms in total. The lowest BCUT2D eigenvalue weighted by Crippen LogP contribution is -2.44. The van der Waals surface area contributed by atoms with Crippen molar-refractivity contribution in [2.24, 2.45) is 5.92 Å². The summed E-state index contributed by atoms with van der Waals surface area (Å²) in [5.74, 6) is -0.132. The summed E-state index contributed by atoms with van der Waals surface area (Å²) in [4.78, 5) is 13.8. The van der Waals surface area contributed by atoms with E-state index in [9.17, 15) is 9.18 Å². The number of halogens is 2. The third-order valence-electron chi connectivity index (χ3n) is 3.54. The van der Waals surface area contributed by atoms with Crippen molar-refractivity contribution in [1.82, 2.24) is 4.90 Å². The van der Waals surface area contributed by atoms with Crippen LogP contribution in [0.25, 0.3) is 0 Å². The third kappa shape index (κ3) is 5.57. The van der Waals surface area contributed by atoms with Crippen LogP contribution in [0.3, 0.4) is 0 Å². The van der Waals surface area contributed by atoms with Gasteiger partial charge in [0.1, 0.15) is 5.60 Å². The number of hydrogen-bond donors (Lipinski definition) is 0. The van der Waals surface area contributed by atoms with Gasteiger partial charge in [-0.25, -0.2) is 9.18 Å². The molecule has 6 heteroatoms. The van der Waals surface area contributed by atoms with Gasteiger partial charge in [0, 0.05) is 24.0 Å². The van der Waals surface area contributed by atoms with Crippen LogP contribution in [-0.2, 0) is 4.74 Å². The van der Waals surface area contributed by atoms with Gasteiger partial charge >= 0.3 is 6.09 Å². The van der Waals surface area contributed by atoms with E-state index in [0.717, 1.165) is 12.8 Å². The van der Waals surface area contributed by atoms with Crippen molar-refractivity contribution in [3.05, 3.63) is 29.0 Å². The summed E-state index contributed by atoms with van der Waals surface area (Å²) in [5.41, 5.74) is -0.507. The first kappa shape index (κ1) is 17.9. The highest BCUT2D eigenvalue weighted by Gasteiger charge is 2.28. The summed E-state index contributed by atoms with van der Waals surface area (Å²) < 4.78 is 24.6. The highest BCUT2D eigenvalue weighted by atomic mass is 35.5. The topological polar surface area (TPSA) is 38.8 Å². The monoisotopic (exact) mass is 343 g/mol. The molecule has 2 rings (SSSR count). The van der Waals surface area contributed by atoms with E-state index in [4.69, 9.17) is 21.1 Å². The Morgan fingerprint density at radius 3 is 2.83 bits per heavy atom. The van der Waals surface area contributed by atoms with Gasteiger partial charge in [0.05, 0.1) is 6.61 Å². The molecule has 1 amide bonds. The molecule has 0 N–H and O–H groups in total. The molecule has 0 bridgehead atoms. The van der Waals surface area contributed by atoms with E-state index in [1.165, 1.54) is 12.1 Å². The van der Waals surface area contributed by atoms with Crippen molar-refractivity contribution in [1.29, 1.82) is 0 Å². The Balaban J connectivity index is 1.87. The third-order valence-corrected chi connectivity index (χ3v) is 3.77. The summed E-state index contributed by atoms with van der Waals surface area (Å²) in [5, 5.41) is 0.337.